The Morgan fingerprint density at radius 3 is 2.38 bits per heavy atom. The lowest BCUT2D eigenvalue weighted by molar-refractivity contribution is 0.397. The summed E-state index contributed by atoms with van der Waals surface area (Å²) in [4.78, 5) is 9.42. The van der Waals surface area contributed by atoms with Gasteiger partial charge in [0.05, 0.1) is 17.8 Å². The molecule has 130 valence electrons. The van der Waals surface area contributed by atoms with E-state index in [-0.39, 0.29) is 0 Å². The number of anilines is 1. The van der Waals surface area contributed by atoms with Gasteiger partial charge in [-0.25, -0.2) is 4.98 Å². The number of aromatic nitrogens is 2. The average molecular weight is 368 g/mol. The largest absolute Gasteiger partial charge is 0.479 e. The van der Waals surface area contributed by atoms with E-state index in [9.17, 15) is 0 Å². The van der Waals surface area contributed by atoms with Gasteiger partial charge in [-0.1, -0.05) is 44.0 Å². The highest BCUT2D eigenvalue weighted by atomic mass is 35.5. The van der Waals surface area contributed by atoms with Crippen LogP contribution in [0.4, 0.5) is 5.82 Å². The molecule has 0 unspecified atom stereocenters. The lowest BCUT2D eigenvalue weighted by Gasteiger charge is -2.19. The molecule has 0 aliphatic rings. The zero-order chi connectivity index (χ0) is 17.7. The highest BCUT2D eigenvalue weighted by molar-refractivity contribution is 6.36. The molecule has 0 radical (unpaired) electrons. The normalized spacial score (nSPS) is 11.0. The Labute approximate surface area is 153 Å². The van der Waals surface area contributed by atoms with Crippen molar-refractivity contribution in [2.24, 2.45) is 0 Å². The first kappa shape index (κ1) is 18.8. The maximum absolute atomic E-state index is 6.33. The summed E-state index contributed by atoms with van der Waals surface area (Å²) in [6, 6.07) is 5.68. The van der Waals surface area contributed by atoms with Gasteiger partial charge in [-0.05, 0) is 37.5 Å². The molecule has 0 atom stereocenters. The molecule has 1 heterocycles. The Morgan fingerprint density at radius 2 is 1.83 bits per heavy atom. The molecule has 4 nitrogen and oxygen atoms in total. The first-order valence-corrected chi connectivity index (χ1v) is 8.96. The van der Waals surface area contributed by atoms with E-state index in [1.165, 1.54) is 0 Å². The molecule has 1 aromatic heterocycles. The van der Waals surface area contributed by atoms with E-state index in [0.29, 0.717) is 27.7 Å². The summed E-state index contributed by atoms with van der Waals surface area (Å²) >= 11 is 12.3. The predicted octanol–water partition coefficient (Wildman–Crippen LogP) is 5.62. The minimum Gasteiger partial charge on any atom is -0.479 e. The van der Waals surface area contributed by atoms with Gasteiger partial charge in [-0.15, -0.1) is 0 Å². The van der Waals surface area contributed by atoms with Crippen LogP contribution in [0.15, 0.2) is 18.2 Å². The maximum atomic E-state index is 6.33. The van der Waals surface area contributed by atoms with Gasteiger partial charge in [0.1, 0.15) is 5.69 Å². The summed E-state index contributed by atoms with van der Waals surface area (Å²) < 4.78 is 5.47. The summed E-state index contributed by atoms with van der Waals surface area (Å²) in [5.74, 6) is 1.22. The third kappa shape index (κ3) is 4.11. The number of hydrogen-bond acceptors (Lipinski definition) is 4. The number of rotatable bonds is 7. The summed E-state index contributed by atoms with van der Waals surface area (Å²) in [6.45, 7) is 6.36. The van der Waals surface area contributed by atoms with Crippen LogP contribution in [-0.2, 0) is 6.42 Å². The van der Waals surface area contributed by atoms with Gasteiger partial charge in [0, 0.05) is 16.6 Å². The van der Waals surface area contributed by atoms with Crippen LogP contribution in [0, 0.1) is 0 Å². The molecule has 0 bridgehead atoms. The van der Waals surface area contributed by atoms with Crippen molar-refractivity contribution in [3.63, 3.8) is 0 Å². The molecule has 6 heteroatoms. The van der Waals surface area contributed by atoms with Crippen molar-refractivity contribution < 1.29 is 4.74 Å². The van der Waals surface area contributed by atoms with Gasteiger partial charge in [0.25, 0.3) is 0 Å². The Bertz CT molecular complexity index is 703. The van der Waals surface area contributed by atoms with Gasteiger partial charge in [0.2, 0.25) is 5.88 Å². The van der Waals surface area contributed by atoms with Crippen LogP contribution < -0.4 is 10.1 Å². The highest BCUT2D eigenvalue weighted by Crippen LogP contribution is 2.35. The number of aryl methyl sites for hydroxylation is 1. The van der Waals surface area contributed by atoms with Crippen molar-refractivity contribution in [1.29, 1.82) is 0 Å². The van der Waals surface area contributed by atoms with Gasteiger partial charge in [-0.3, -0.25) is 0 Å². The first-order valence-electron chi connectivity index (χ1n) is 8.20. The number of nitrogens with zero attached hydrogens (tertiary/aromatic N) is 2. The topological polar surface area (TPSA) is 47.0 Å². The number of nitrogens with one attached hydrogen (secondary N) is 1. The fourth-order valence-electron chi connectivity index (χ4n) is 2.50. The maximum Gasteiger partial charge on any atom is 0.242 e. The van der Waals surface area contributed by atoms with E-state index in [1.807, 2.05) is 6.07 Å². The molecule has 2 aromatic rings. The molecule has 0 aliphatic carbocycles. The van der Waals surface area contributed by atoms with Crippen molar-refractivity contribution in [2.75, 3.05) is 12.4 Å². The predicted molar refractivity (Wildman–Crippen MR) is 101 cm³/mol. The Balaban J connectivity index is 2.53. The molecule has 0 aliphatic heterocycles. The molecule has 0 saturated carbocycles. The first-order chi connectivity index (χ1) is 11.5. The van der Waals surface area contributed by atoms with E-state index >= 15 is 0 Å². The average Bonchev–Trinajstić information content (AvgIpc) is 2.59. The zero-order valence-corrected chi connectivity index (χ0v) is 16.0. The highest BCUT2D eigenvalue weighted by Gasteiger charge is 2.18. The molecule has 0 saturated heterocycles. The second-order valence-corrected chi connectivity index (χ2v) is 6.36. The van der Waals surface area contributed by atoms with Gasteiger partial charge >= 0.3 is 0 Å². The van der Waals surface area contributed by atoms with E-state index in [2.05, 4.69) is 31.1 Å². The van der Waals surface area contributed by atoms with Crippen molar-refractivity contribution >= 4 is 29.0 Å². The van der Waals surface area contributed by atoms with Crippen LogP contribution in [-0.4, -0.2) is 23.1 Å². The summed E-state index contributed by atoms with van der Waals surface area (Å²) in [6.07, 6.45) is 2.81. The summed E-state index contributed by atoms with van der Waals surface area (Å²) in [7, 11) is 1.59. The van der Waals surface area contributed by atoms with E-state index in [0.717, 1.165) is 36.3 Å². The Kier molecular flexibility index (Phi) is 6.69. The molecular weight excluding hydrogens is 345 g/mol. The number of methoxy groups -OCH3 is 1. The monoisotopic (exact) mass is 367 g/mol. The standard InChI is InChI=1S/C18H23Cl2N3O/c1-5-12(6-2)21-17-15(7-3)22-16(18(23-17)24-4)13-9-8-11(19)10-14(13)20/h8-10,12H,5-7H2,1-4H3,(H,21,23). The lowest BCUT2D eigenvalue weighted by atomic mass is 10.1. The molecule has 1 N–H and O–H groups in total. The van der Waals surface area contributed by atoms with Crippen LogP contribution in [0.5, 0.6) is 5.88 Å². The summed E-state index contributed by atoms with van der Waals surface area (Å²) in [5, 5.41) is 4.57. The SMILES string of the molecule is CCc1nc(-c2ccc(Cl)cc2Cl)c(OC)nc1NC(CC)CC. The van der Waals surface area contributed by atoms with Crippen molar-refractivity contribution in [2.45, 2.75) is 46.1 Å². The molecule has 2 rings (SSSR count). The van der Waals surface area contributed by atoms with Crippen LogP contribution in [0.2, 0.25) is 10.0 Å². The van der Waals surface area contributed by atoms with Crippen molar-refractivity contribution in [3.05, 3.63) is 33.9 Å². The fraction of sp³-hybridized carbons (Fsp3) is 0.444. The zero-order valence-electron chi connectivity index (χ0n) is 14.5. The number of halogens is 2. The van der Waals surface area contributed by atoms with E-state index < -0.39 is 0 Å². The van der Waals surface area contributed by atoms with Crippen LogP contribution >= 0.6 is 23.2 Å². The number of hydrogen-bond donors (Lipinski definition) is 1. The molecule has 0 spiro atoms. The molecule has 24 heavy (non-hydrogen) atoms. The van der Waals surface area contributed by atoms with Gasteiger partial charge in [-0.2, -0.15) is 4.98 Å². The molecule has 1 aromatic carbocycles. The summed E-state index contributed by atoms with van der Waals surface area (Å²) in [5.41, 5.74) is 2.28. The molecular formula is C18H23Cl2N3O. The third-order valence-corrected chi connectivity index (χ3v) is 4.52. The number of ether oxygens (including phenoxy) is 1. The minimum absolute atomic E-state index is 0.360. The third-order valence-electron chi connectivity index (χ3n) is 3.98. The van der Waals surface area contributed by atoms with E-state index in [4.69, 9.17) is 32.9 Å². The Morgan fingerprint density at radius 1 is 1.12 bits per heavy atom. The van der Waals surface area contributed by atoms with E-state index in [1.54, 1.807) is 19.2 Å². The second kappa shape index (κ2) is 8.54. The van der Waals surface area contributed by atoms with Gasteiger partial charge < -0.3 is 10.1 Å². The van der Waals surface area contributed by atoms with Crippen molar-refractivity contribution in [3.8, 4) is 17.1 Å². The van der Waals surface area contributed by atoms with Crippen molar-refractivity contribution in [1.82, 2.24) is 9.97 Å². The second-order valence-electron chi connectivity index (χ2n) is 5.51. The lowest BCUT2D eigenvalue weighted by Crippen LogP contribution is -2.20. The number of benzene rings is 1. The smallest absolute Gasteiger partial charge is 0.242 e. The van der Waals surface area contributed by atoms with Gasteiger partial charge in [0.15, 0.2) is 5.82 Å². The van der Waals surface area contributed by atoms with Crippen LogP contribution in [0.1, 0.15) is 39.3 Å². The van der Waals surface area contributed by atoms with Crippen LogP contribution in [0.25, 0.3) is 11.3 Å². The molecule has 0 amide bonds. The Hall–Kier alpha value is -1.52. The molecule has 0 fully saturated rings. The fourth-order valence-corrected chi connectivity index (χ4v) is 3.00. The quantitative estimate of drug-likeness (QED) is 0.689. The minimum atomic E-state index is 0.360. The van der Waals surface area contributed by atoms with Crippen LogP contribution in [0.3, 0.4) is 0 Å².